The highest BCUT2D eigenvalue weighted by Gasteiger charge is 2.42. The summed E-state index contributed by atoms with van der Waals surface area (Å²) in [4.78, 5) is 23.8. The van der Waals surface area contributed by atoms with Crippen LogP contribution in [0.15, 0.2) is 41.3 Å². The number of ether oxygens (including phenoxy) is 1. The van der Waals surface area contributed by atoms with Crippen LogP contribution in [-0.4, -0.2) is 41.6 Å². The van der Waals surface area contributed by atoms with Gasteiger partial charge in [-0.25, -0.2) is 25.9 Å². The number of sulfonamides is 2. The van der Waals surface area contributed by atoms with Gasteiger partial charge in [0.2, 0.25) is 15.9 Å². The van der Waals surface area contributed by atoms with E-state index in [-0.39, 0.29) is 38.2 Å². The quantitative estimate of drug-likeness (QED) is 0.643. The van der Waals surface area contributed by atoms with E-state index in [0.717, 1.165) is 0 Å². The molecule has 9 nitrogen and oxygen atoms in total. The number of benzene rings is 2. The maximum absolute atomic E-state index is 12.9. The van der Waals surface area contributed by atoms with E-state index in [2.05, 4.69) is 9.46 Å². The van der Waals surface area contributed by atoms with E-state index in [1.54, 1.807) is 0 Å². The van der Waals surface area contributed by atoms with Crippen LogP contribution >= 0.6 is 11.6 Å². The van der Waals surface area contributed by atoms with Crippen molar-refractivity contribution in [3.8, 4) is 0 Å². The number of rotatable bonds is 5. The van der Waals surface area contributed by atoms with Crippen molar-refractivity contribution in [3.63, 3.8) is 0 Å². The van der Waals surface area contributed by atoms with Crippen LogP contribution in [0.25, 0.3) is 0 Å². The van der Waals surface area contributed by atoms with E-state index in [1.807, 2.05) is 0 Å². The minimum Gasteiger partial charge on any atom is -0.465 e. The molecule has 2 aromatic rings. The van der Waals surface area contributed by atoms with Gasteiger partial charge in [0.05, 0.1) is 45.6 Å². The fourth-order valence-corrected chi connectivity index (χ4v) is 6.53. The lowest BCUT2D eigenvalue weighted by molar-refractivity contribution is -0.119. The predicted molar refractivity (Wildman–Crippen MR) is 115 cm³/mol. The van der Waals surface area contributed by atoms with Crippen LogP contribution in [0.2, 0.25) is 5.02 Å². The van der Waals surface area contributed by atoms with Crippen molar-refractivity contribution >= 4 is 54.9 Å². The molecule has 0 bridgehead atoms. The van der Waals surface area contributed by atoms with Crippen molar-refractivity contribution in [2.75, 3.05) is 21.9 Å². The van der Waals surface area contributed by atoms with Gasteiger partial charge in [-0.1, -0.05) is 18.5 Å². The molecule has 0 aliphatic carbocycles. The number of anilines is 2. The topological polar surface area (TPSA) is 127 Å². The molecule has 1 heterocycles. The van der Waals surface area contributed by atoms with E-state index >= 15 is 0 Å². The second-order valence-corrected chi connectivity index (χ2v) is 10.9. The van der Waals surface area contributed by atoms with Crippen molar-refractivity contribution in [1.82, 2.24) is 0 Å². The van der Waals surface area contributed by atoms with Gasteiger partial charge in [-0.3, -0.25) is 9.52 Å². The Labute approximate surface area is 185 Å². The molecule has 1 aliphatic heterocycles. The van der Waals surface area contributed by atoms with Crippen molar-refractivity contribution in [1.29, 1.82) is 0 Å². The van der Waals surface area contributed by atoms with Gasteiger partial charge in [-0.15, -0.1) is 0 Å². The zero-order chi connectivity index (χ0) is 23.1. The number of nitrogens with one attached hydrogen (secondary N) is 1. The summed E-state index contributed by atoms with van der Waals surface area (Å²) in [7, 11) is -6.77. The average molecular weight is 487 g/mol. The van der Waals surface area contributed by atoms with Crippen molar-refractivity contribution in [3.05, 3.63) is 52.5 Å². The SMILES string of the molecule is COC(=O)c1ccc(Cl)c(NS(=O)(=O)c2ccc(N3C(=O)[C@@H](C)CS3(=O)=O)cc2C)c1. The van der Waals surface area contributed by atoms with Gasteiger partial charge in [-0.2, -0.15) is 0 Å². The smallest absolute Gasteiger partial charge is 0.337 e. The Morgan fingerprint density at radius 1 is 1.23 bits per heavy atom. The fraction of sp³-hybridized carbons (Fsp3) is 0.263. The number of nitrogens with zero attached hydrogens (tertiary/aromatic N) is 1. The summed E-state index contributed by atoms with van der Waals surface area (Å²) in [5.41, 5.74) is 0.354. The van der Waals surface area contributed by atoms with Crippen molar-refractivity contribution in [2.45, 2.75) is 18.7 Å². The fourth-order valence-electron chi connectivity index (χ4n) is 3.20. The second kappa shape index (κ2) is 8.13. The number of hydrogen-bond acceptors (Lipinski definition) is 7. The first-order valence-electron chi connectivity index (χ1n) is 8.95. The van der Waals surface area contributed by atoms with E-state index in [4.69, 9.17) is 11.6 Å². The zero-order valence-corrected chi connectivity index (χ0v) is 19.1. The maximum Gasteiger partial charge on any atom is 0.337 e. The van der Waals surface area contributed by atoms with Gasteiger partial charge in [0.15, 0.2) is 0 Å². The monoisotopic (exact) mass is 486 g/mol. The number of halogens is 1. The molecule has 3 rings (SSSR count). The Morgan fingerprint density at radius 2 is 1.90 bits per heavy atom. The van der Waals surface area contributed by atoms with E-state index < -0.39 is 37.8 Å². The molecule has 0 spiro atoms. The lowest BCUT2D eigenvalue weighted by atomic mass is 10.2. The Morgan fingerprint density at radius 3 is 2.45 bits per heavy atom. The van der Waals surface area contributed by atoms with Gasteiger partial charge in [0.25, 0.3) is 10.0 Å². The number of esters is 1. The van der Waals surface area contributed by atoms with Gasteiger partial charge in [-0.05, 0) is 48.9 Å². The summed E-state index contributed by atoms with van der Waals surface area (Å²) in [5.74, 6) is -2.22. The minimum absolute atomic E-state index is 0.0285. The van der Waals surface area contributed by atoms with Gasteiger partial charge < -0.3 is 4.74 Å². The van der Waals surface area contributed by atoms with Crippen molar-refractivity contribution < 1.29 is 31.2 Å². The largest absolute Gasteiger partial charge is 0.465 e. The first-order valence-corrected chi connectivity index (χ1v) is 12.4. The second-order valence-electron chi connectivity index (χ2n) is 7.02. The molecule has 2 aromatic carbocycles. The highest BCUT2D eigenvalue weighted by Crippen LogP contribution is 2.32. The maximum atomic E-state index is 12.9. The molecule has 0 unspecified atom stereocenters. The standard InChI is InChI=1S/C19H19ClN2O7S2/c1-11-8-14(22-18(23)12(2)10-30(22,25)26)5-7-17(11)31(27,28)21-16-9-13(19(24)29-3)4-6-15(16)20/h4-9,12,21H,10H2,1-3H3/t12-/m0/s1. The molecular formula is C19H19ClN2O7S2. The minimum atomic E-state index is -4.15. The molecule has 1 N–H and O–H groups in total. The predicted octanol–water partition coefficient (Wildman–Crippen LogP) is 2.55. The number of amides is 1. The summed E-state index contributed by atoms with van der Waals surface area (Å²) < 4.78 is 58.0. The third-order valence-corrected chi connectivity index (χ3v) is 8.40. The third kappa shape index (κ3) is 4.39. The number of hydrogen-bond donors (Lipinski definition) is 1. The van der Waals surface area contributed by atoms with Crippen LogP contribution in [0.3, 0.4) is 0 Å². The Kier molecular flexibility index (Phi) is 6.05. The summed E-state index contributed by atoms with van der Waals surface area (Å²) in [6, 6.07) is 7.76. The molecule has 1 atom stereocenters. The molecule has 1 saturated heterocycles. The van der Waals surface area contributed by atoms with Crippen LogP contribution < -0.4 is 9.03 Å². The van der Waals surface area contributed by atoms with Crippen LogP contribution in [0.4, 0.5) is 11.4 Å². The molecule has 0 radical (unpaired) electrons. The molecule has 12 heteroatoms. The first kappa shape index (κ1) is 23.0. The highest BCUT2D eigenvalue weighted by molar-refractivity contribution is 7.94. The molecule has 1 amide bonds. The Hall–Kier alpha value is -2.63. The molecule has 1 aliphatic rings. The van der Waals surface area contributed by atoms with Gasteiger partial charge in [0.1, 0.15) is 0 Å². The van der Waals surface area contributed by atoms with E-state index in [1.165, 1.54) is 57.4 Å². The molecule has 0 saturated carbocycles. The van der Waals surface area contributed by atoms with Gasteiger partial charge >= 0.3 is 5.97 Å². The van der Waals surface area contributed by atoms with E-state index in [0.29, 0.717) is 4.31 Å². The van der Waals surface area contributed by atoms with Crippen LogP contribution in [0.1, 0.15) is 22.8 Å². The Balaban J connectivity index is 1.97. The number of carbonyl (C=O) groups excluding carboxylic acids is 2. The molecular weight excluding hydrogens is 468 g/mol. The molecule has 1 fully saturated rings. The highest BCUT2D eigenvalue weighted by atomic mass is 35.5. The number of aryl methyl sites for hydroxylation is 1. The normalized spacial score (nSPS) is 18.1. The average Bonchev–Trinajstić information content (AvgIpc) is 2.89. The van der Waals surface area contributed by atoms with E-state index in [9.17, 15) is 26.4 Å². The van der Waals surface area contributed by atoms with Crippen LogP contribution in [-0.2, 0) is 29.6 Å². The van der Waals surface area contributed by atoms with Crippen LogP contribution in [0.5, 0.6) is 0 Å². The third-order valence-electron chi connectivity index (χ3n) is 4.67. The number of methoxy groups -OCH3 is 1. The lowest BCUT2D eigenvalue weighted by Crippen LogP contribution is -2.30. The summed E-state index contributed by atoms with van der Waals surface area (Å²) in [6.45, 7) is 2.99. The first-order chi connectivity index (χ1) is 14.4. The summed E-state index contributed by atoms with van der Waals surface area (Å²) in [6.07, 6.45) is 0. The molecule has 166 valence electrons. The molecule has 31 heavy (non-hydrogen) atoms. The van der Waals surface area contributed by atoms with Crippen LogP contribution in [0, 0.1) is 12.8 Å². The van der Waals surface area contributed by atoms with Gasteiger partial charge in [0, 0.05) is 0 Å². The summed E-state index contributed by atoms with van der Waals surface area (Å²) in [5, 5.41) is 0.0632. The zero-order valence-electron chi connectivity index (χ0n) is 16.7. The Bertz CT molecular complexity index is 1290. The van der Waals surface area contributed by atoms with Crippen molar-refractivity contribution in [2.24, 2.45) is 5.92 Å². The molecule has 0 aromatic heterocycles. The number of carbonyl (C=O) groups is 2. The lowest BCUT2D eigenvalue weighted by Gasteiger charge is -2.18. The summed E-state index contributed by atoms with van der Waals surface area (Å²) >= 11 is 6.06.